The molecule has 0 amide bonds. The molecule has 2 N–H and O–H groups in total. The summed E-state index contributed by atoms with van der Waals surface area (Å²) in [6, 6.07) is 4.97. The van der Waals surface area contributed by atoms with E-state index in [2.05, 4.69) is 9.97 Å². The first-order valence-corrected chi connectivity index (χ1v) is 5.14. The summed E-state index contributed by atoms with van der Waals surface area (Å²) in [5.41, 5.74) is 6.19. The molecule has 2 aromatic rings. The number of nitrogen functional groups attached to an aromatic ring is 1. The molecular formula is C12H10F3N3. The molecule has 18 heavy (non-hydrogen) atoms. The van der Waals surface area contributed by atoms with Crippen LogP contribution in [-0.4, -0.2) is 9.97 Å². The van der Waals surface area contributed by atoms with Crippen LogP contribution in [0.2, 0.25) is 0 Å². The number of aromatic nitrogens is 2. The van der Waals surface area contributed by atoms with Crippen molar-refractivity contribution in [1.29, 1.82) is 0 Å². The third kappa shape index (κ3) is 2.42. The van der Waals surface area contributed by atoms with Crippen LogP contribution >= 0.6 is 0 Å². The van der Waals surface area contributed by atoms with E-state index in [1.807, 2.05) is 0 Å². The van der Waals surface area contributed by atoms with Gasteiger partial charge in [0.1, 0.15) is 0 Å². The number of benzene rings is 1. The van der Waals surface area contributed by atoms with Crippen LogP contribution in [0.1, 0.15) is 11.1 Å². The lowest BCUT2D eigenvalue weighted by molar-refractivity contribution is -0.137. The Labute approximate surface area is 101 Å². The fourth-order valence-electron chi connectivity index (χ4n) is 1.59. The first-order valence-electron chi connectivity index (χ1n) is 5.14. The van der Waals surface area contributed by atoms with Gasteiger partial charge in [-0.05, 0) is 24.6 Å². The topological polar surface area (TPSA) is 51.8 Å². The molecule has 1 aromatic heterocycles. The predicted molar refractivity (Wildman–Crippen MR) is 61.6 cm³/mol. The summed E-state index contributed by atoms with van der Waals surface area (Å²) in [5.74, 6) is 0.0352. The van der Waals surface area contributed by atoms with E-state index < -0.39 is 11.7 Å². The zero-order valence-electron chi connectivity index (χ0n) is 9.49. The summed E-state index contributed by atoms with van der Waals surface area (Å²) in [5, 5.41) is 0. The van der Waals surface area contributed by atoms with E-state index in [9.17, 15) is 13.2 Å². The highest BCUT2D eigenvalue weighted by atomic mass is 19.4. The van der Waals surface area contributed by atoms with Crippen LogP contribution in [0, 0.1) is 6.92 Å². The van der Waals surface area contributed by atoms with Gasteiger partial charge < -0.3 is 5.73 Å². The highest BCUT2D eigenvalue weighted by Crippen LogP contribution is 2.32. The molecule has 0 aliphatic heterocycles. The molecular weight excluding hydrogens is 243 g/mol. The van der Waals surface area contributed by atoms with Crippen LogP contribution in [0.5, 0.6) is 0 Å². The average Bonchev–Trinajstić information content (AvgIpc) is 2.31. The molecule has 1 heterocycles. The Hall–Kier alpha value is -2.11. The van der Waals surface area contributed by atoms with Crippen molar-refractivity contribution in [1.82, 2.24) is 9.97 Å². The molecule has 6 heteroatoms. The monoisotopic (exact) mass is 253 g/mol. The molecule has 94 valence electrons. The number of alkyl halides is 3. The summed E-state index contributed by atoms with van der Waals surface area (Å²) < 4.78 is 37.8. The molecule has 0 spiro atoms. The number of rotatable bonds is 1. The largest absolute Gasteiger partial charge is 0.416 e. The van der Waals surface area contributed by atoms with Crippen LogP contribution in [-0.2, 0) is 6.18 Å². The van der Waals surface area contributed by atoms with Crippen LogP contribution in [0.4, 0.5) is 19.1 Å². The zero-order chi connectivity index (χ0) is 13.3. The van der Waals surface area contributed by atoms with Gasteiger partial charge >= 0.3 is 6.18 Å². The zero-order valence-corrected chi connectivity index (χ0v) is 9.49. The summed E-state index contributed by atoms with van der Waals surface area (Å²) >= 11 is 0. The minimum absolute atomic E-state index is 0.0352. The van der Waals surface area contributed by atoms with E-state index in [-0.39, 0.29) is 5.95 Å². The van der Waals surface area contributed by atoms with Gasteiger partial charge in [0.25, 0.3) is 0 Å². The second-order valence-corrected chi connectivity index (χ2v) is 3.84. The first-order chi connectivity index (χ1) is 8.38. The summed E-state index contributed by atoms with van der Waals surface area (Å²) in [6.45, 7) is 1.72. The Bertz CT molecular complexity index is 579. The van der Waals surface area contributed by atoms with E-state index in [0.717, 1.165) is 12.1 Å². The van der Waals surface area contributed by atoms with Gasteiger partial charge in [-0.3, -0.25) is 0 Å². The lowest BCUT2D eigenvalue weighted by Gasteiger charge is -2.10. The molecule has 0 saturated heterocycles. The van der Waals surface area contributed by atoms with Gasteiger partial charge in [-0.1, -0.05) is 12.1 Å². The minimum atomic E-state index is -4.37. The third-order valence-electron chi connectivity index (χ3n) is 2.45. The average molecular weight is 253 g/mol. The summed E-state index contributed by atoms with van der Waals surface area (Å²) in [4.78, 5) is 7.75. The van der Waals surface area contributed by atoms with Crippen molar-refractivity contribution in [2.75, 3.05) is 5.73 Å². The van der Waals surface area contributed by atoms with Crippen molar-refractivity contribution >= 4 is 5.95 Å². The molecule has 0 aliphatic carbocycles. The molecule has 3 nitrogen and oxygen atoms in total. The minimum Gasteiger partial charge on any atom is -0.368 e. The Balaban J connectivity index is 2.55. The van der Waals surface area contributed by atoms with E-state index in [0.29, 0.717) is 16.8 Å². The number of aryl methyl sites for hydroxylation is 1. The fraction of sp³-hybridized carbons (Fsp3) is 0.167. The van der Waals surface area contributed by atoms with Crippen molar-refractivity contribution in [3.8, 4) is 11.3 Å². The van der Waals surface area contributed by atoms with E-state index in [4.69, 9.17) is 5.73 Å². The van der Waals surface area contributed by atoms with Crippen LogP contribution in [0.3, 0.4) is 0 Å². The van der Waals surface area contributed by atoms with Crippen LogP contribution in [0.15, 0.2) is 30.5 Å². The summed E-state index contributed by atoms with van der Waals surface area (Å²) in [7, 11) is 0. The number of nitrogens with zero attached hydrogens (tertiary/aromatic N) is 2. The molecule has 0 radical (unpaired) electrons. The number of nitrogens with two attached hydrogens (primary N) is 1. The molecule has 0 saturated carbocycles. The lowest BCUT2D eigenvalue weighted by Crippen LogP contribution is -2.05. The maximum absolute atomic E-state index is 12.6. The van der Waals surface area contributed by atoms with Crippen molar-refractivity contribution in [2.45, 2.75) is 13.1 Å². The van der Waals surface area contributed by atoms with Crippen molar-refractivity contribution in [3.63, 3.8) is 0 Å². The first kappa shape index (κ1) is 12.3. The Morgan fingerprint density at radius 2 is 1.94 bits per heavy atom. The lowest BCUT2D eigenvalue weighted by atomic mass is 10.0. The SMILES string of the molecule is Cc1cnc(N)nc1-c1cccc(C(F)(F)F)c1. The van der Waals surface area contributed by atoms with Gasteiger partial charge in [0.05, 0.1) is 11.3 Å². The Morgan fingerprint density at radius 1 is 1.22 bits per heavy atom. The summed E-state index contributed by atoms with van der Waals surface area (Å²) in [6.07, 6.45) is -2.89. The quantitative estimate of drug-likeness (QED) is 0.849. The molecule has 2 rings (SSSR count). The maximum atomic E-state index is 12.6. The molecule has 0 atom stereocenters. The van der Waals surface area contributed by atoms with Crippen LogP contribution in [0.25, 0.3) is 11.3 Å². The Kier molecular flexibility index (Phi) is 2.94. The van der Waals surface area contributed by atoms with Gasteiger partial charge in [-0.15, -0.1) is 0 Å². The van der Waals surface area contributed by atoms with Gasteiger partial charge in [0, 0.05) is 11.8 Å². The van der Waals surface area contributed by atoms with Gasteiger partial charge in [0.2, 0.25) is 5.95 Å². The highest BCUT2D eigenvalue weighted by molar-refractivity contribution is 5.64. The van der Waals surface area contributed by atoms with Crippen LogP contribution < -0.4 is 5.73 Å². The highest BCUT2D eigenvalue weighted by Gasteiger charge is 2.30. The standard InChI is InChI=1S/C12H10F3N3/c1-7-6-17-11(16)18-10(7)8-3-2-4-9(5-8)12(13,14)15/h2-6H,1H3,(H2,16,17,18). The third-order valence-corrected chi connectivity index (χ3v) is 2.45. The number of hydrogen-bond acceptors (Lipinski definition) is 3. The van der Waals surface area contributed by atoms with Crippen molar-refractivity contribution in [3.05, 3.63) is 41.6 Å². The van der Waals surface area contributed by atoms with Crippen molar-refractivity contribution < 1.29 is 13.2 Å². The van der Waals surface area contributed by atoms with Gasteiger partial charge in [-0.2, -0.15) is 13.2 Å². The number of anilines is 1. The number of halogens is 3. The smallest absolute Gasteiger partial charge is 0.368 e. The second-order valence-electron chi connectivity index (χ2n) is 3.84. The molecule has 0 fully saturated rings. The van der Waals surface area contributed by atoms with E-state index in [1.54, 1.807) is 13.0 Å². The molecule has 0 bridgehead atoms. The molecule has 0 aliphatic rings. The van der Waals surface area contributed by atoms with E-state index in [1.165, 1.54) is 12.3 Å². The molecule has 0 unspecified atom stereocenters. The van der Waals surface area contributed by atoms with E-state index >= 15 is 0 Å². The van der Waals surface area contributed by atoms with Crippen molar-refractivity contribution in [2.24, 2.45) is 0 Å². The Morgan fingerprint density at radius 3 is 2.61 bits per heavy atom. The molecule has 1 aromatic carbocycles. The maximum Gasteiger partial charge on any atom is 0.416 e. The normalized spacial score (nSPS) is 11.6. The van der Waals surface area contributed by atoms with Gasteiger partial charge in [-0.25, -0.2) is 9.97 Å². The predicted octanol–water partition coefficient (Wildman–Crippen LogP) is 3.05. The number of hydrogen-bond donors (Lipinski definition) is 1. The second kappa shape index (κ2) is 4.29. The fourth-order valence-corrected chi connectivity index (χ4v) is 1.59. The van der Waals surface area contributed by atoms with Gasteiger partial charge in [0.15, 0.2) is 0 Å².